The van der Waals surface area contributed by atoms with Gasteiger partial charge in [0.1, 0.15) is 27.1 Å². The molecule has 0 bridgehead atoms. The summed E-state index contributed by atoms with van der Waals surface area (Å²) in [6.07, 6.45) is 1.02. The Morgan fingerprint density at radius 3 is 2.14 bits per heavy atom. The molecule has 8 heteroatoms. The molecule has 0 unspecified atom stereocenters. The van der Waals surface area contributed by atoms with Crippen LogP contribution in [0.5, 0.6) is 0 Å². The second-order valence-electron chi connectivity index (χ2n) is 6.19. The SMILES string of the molecule is CC(C)(C)NCc1ccc(CS(=O)(=O)CCS(C)(=O)=O)o1. The number of sulfone groups is 2. The largest absolute Gasteiger partial charge is 0.464 e. The van der Waals surface area contributed by atoms with Gasteiger partial charge in [0, 0.05) is 11.8 Å². The summed E-state index contributed by atoms with van der Waals surface area (Å²) in [5.41, 5.74) is -0.0610. The van der Waals surface area contributed by atoms with E-state index in [0.29, 0.717) is 18.1 Å². The van der Waals surface area contributed by atoms with Gasteiger partial charge in [-0.2, -0.15) is 0 Å². The lowest BCUT2D eigenvalue weighted by Gasteiger charge is -2.19. The van der Waals surface area contributed by atoms with Crippen LogP contribution in [-0.4, -0.2) is 40.1 Å². The Balaban J connectivity index is 2.61. The number of hydrogen-bond acceptors (Lipinski definition) is 6. The van der Waals surface area contributed by atoms with Crippen molar-refractivity contribution in [2.45, 2.75) is 38.6 Å². The van der Waals surface area contributed by atoms with E-state index in [1.165, 1.54) is 0 Å². The first-order chi connectivity index (χ1) is 9.36. The highest BCUT2D eigenvalue weighted by Gasteiger charge is 2.18. The van der Waals surface area contributed by atoms with Crippen molar-refractivity contribution in [3.63, 3.8) is 0 Å². The highest BCUT2D eigenvalue weighted by molar-refractivity contribution is 7.94. The third-order valence-electron chi connectivity index (χ3n) is 2.64. The van der Waals surface area contributed by atoms with E-state index in [-0.39, 0.29) is 22.8 Å². The minimum atomic E-state index is -3.49. The van der Waals surface area contributed by atoms with Crippen molar-refractivity contribution >= 4 is 19.7 Å². The molecule has 1 rings (SSSR count). The van der Waals surface area contributed by atoms with Crippen molar-refractivity contribution in [3.8, 4) is 0 Å². The van der Waals surface area contributed by atoms with Crippen molar-refractivity contribution < 1.29 is 21.3 Å². The molecule has 0 spiro atoms. The minimum Gasteiger partial charge on any atom is -0.464 e. The summed E-state index contributed by atoms with van der Waals surface area (Å²) in [4.78, 5) is 0. The number of nitrogens with one attached hydrogen (secondary N) is 1. The zero-order valence-electron chi connectivity index (χ0n) is 12.8. The van der Waals surface area contributed by atoms with Gasteiger partial charge in [0.05, 0.1) is 18.1 Å². The maximum absolute atomic E-state index is 11.8. The molecule has 0 saturated carbocycles. The maximum atomic E-state index is 11.8. The molecule has 0 aliphatic rings. The van der Waals surface area contributed by atoms with Crippen LogP contribution in [0.4, 0.5) is 0 Å². The third-order valence-corrected chi connectivity index (χ3v) is 5.39. The molecule has 1 heterocycles. The van der Waals surface area contributed by atoms with Crippen molar-refractivity contribution in [2.24, 2.45) is 0 Å². The van der Waals surface area contributed by atoms with Gasteiger partial charge in [-0.1, -0.05) is 0 Å². The molecule has 1 aromatic rings. The molecular formula is C13H23NO5S2. The van der Waals surface area contributed by atoms with Crippen LogP contribution >= 0.6 is 0 Å². The van der Waals surface area contributed by atoms with Crippen molar-refractivity contribution in [2.75, 3.05) is 17.8 Å². The van der Waals surface area contributed by atoms with Crippen LogP contribution in [0.1, 0.15) is 32.3 Å². The van der Waals surface area contributed by atoms with Gasteiger partial charge in [-0.3, -0.25) is 0 Å². The van der Waals surface area contributed by atoms with E-state index in [1.54, 1.807) is 12.1 Å². The van der Waals surface area contributed by atoms with Gasteiger partial charge in [0.15, 0.2) is 9.84 Å². The Morgan fingerprint density at radius 1 is 1.05 bits per heavy atom. The Labute approximate surface area is 126 Å². The molecular weight excluding hydrogens is 314 g/mol. The normalized spacial score (nSPS) is 13.5. The molecule has 0 saturated heterocycles. The van der Waals surface area contributed by atoms with Crippen molar-refractivity contribution in [1.82, 2.24) is 5.32 Å². The molecule has 0 aromatic carbocycles. The molecule has 1 aromatic heterocycles. The lowest BCUT2D eigenvalue weighted by Crippen LogP contribution is -2.34. The summed E-state index contributed by atoms with van der Waals surface area (Å²) >= 11 is 0. The quantitative estimate of drug-likeness (QED) is 0.801. The van der Waals surface area contributed by atoms with Crippen LogP contribution in [0.15, 0.2) is 16.5 Å². The Kier molecular flexibility index (Phi) is 5.63. The van der Waals surface area contributed by atoms with E-state index in [2.05, 4.69) is 5.32 Å². The summed E-state index contributed by atoms with van der Waals surface area (Å²) in [7, 11) is -6.78. The van der Waals surface area contributed by atoms with E-state index < -0.39 is 19.7 Å². The summed E-state index contributed by atoms with van der Waals surface area (Å²) in [5, 5.41) is 3.24. The average Bonchev–Trinajstić information content (AvgIpc) is 2.69. The first-order valence-electron chi connectivity index (χ1n) is 6.57. The van der Waals surface area contributed by atoms with Crippen LogP contribution in [-0.2, 0) is 32.0 Å². The molecule has 0 amide bonds. The summed E-state index contributed by atoms with van der Waals surface area (Å²) in [6.45, 7) is 6.57. The molecule has 0 fully saturated rings. The molecule has 21 heavy (non-hydrogen) atoms. The maximum Gasteiger partial charge on any atom is 0.158 e. The van der Waals surface area contributed by atoms with Gasteiger partial charge < -0.3 is 9.73 Å². The lowest BCUT2D eigenvalue weighted by molar-refractivity contribution is 0.381. The van der Waals surface area contributed by atoms with Gasteiger partial charge >= 0.3 is 0 Å². The second-order valence-corrected chi connectivity index (χ2v) is 10.6. The van der Waals surface area contributed by atoms with Gasteiger partial charge in [-0.15, -0.1) is 0 Å². The summed E-state index contributed by atoms with van der Waals surface area (Å²) in [6, 6.07) is 3.33. The van der Waals surface area contributed by atoms with E-state index in [0.717, 1.165) is 6.26 Å². The monoisotopic (exact) mass is 337 g/mol. The Bertz CT molecular complexity index is 666. The van der Waals surface area contributed by atoms with Gasteiger partial charge in [0.25, 0.3) is 0 Å². The first kappa shape index (κ1) is 18.2. The predicted molar refractivity (Wildman–Crippen MR) is 82.5 cm³/mol. The Hall–Kier alpha value is -0.860. The standard InChI is InChI=1S/C13H23NO5S2/c1-13(2,3)14-9-11-5-6-12(19-11)10-21(17,18)8-7-20(4,15)16/h5-6,14H,7-10H2,1-4H3. The van der Waals surface area contributed by atoms with Crippen LogP contribution in [0.2, 0.25) is 0 Å². The summed E-state index contributed by atoms with van der Waals surface area (Å²) in [5.74, 6) is -0.0540. The number of furan rings is 1. The summed E-state index contributed by atoms with van der Waals surface area (Å²) < 4.78 is 51.2. The zero-order chi connectivity index (χ0) is 16.3. The molecule has 0 atom stereocenters. The number of rotatable bonds is 7. The second kappa shape index (κ2) is 6.50. The molecule has 1 N–H and O–H groups in total. The molecule has 0 radical (unpaired) electrons. The van der Waals surface area contributed by atoms with E-state index in [4.69, 9.17) is 4.42 Å². The smallest absolute Gasteiger partial charge is 0.158 e. The fourth-order valence-corrected chi connectivity index (χ4v) is 4.47. The third kappa shape index (κ3) is 8.23. The zero-order valence-corrected chi connectivity index (χ0v) is 14.5. The molecule has 0 aliphatic carbocycles. The average molecular weight is 337 g/mol. The van der Waals surface area contributed by atoms with E-state index >= 15 is 0 Å². The van der Waals surface area contributed by atoms with Crippen LogP contribution in [0.25, 0.3) is 0 Å². The number of hydrogen-bond donors (Lipinski definition) is 1. The Morgan fingerprint density at radius 2 is 1.62 bits per heavy atom. The fraction of sp³-hybridized carbons (Fsp3) is 0.692. The van der Waals surface area contributed by atoms with Crippen LogP contribution in [0.3, 0.4) is 0 Å². The molecule has 122 valence electrons. The minimum absolute atomic E-state index is 0.0610. The van der Waals surface area contributed by atoms with Gasteiger partial charge in [0.2, 0.25) is 0 Å². The predicted octanol–water partition coefficient (Wildman–Crippen LogP) is 1.13. The fourth-order valence-electron chi connectivity index (χ4n) is 1.51. The van der Waals surface area contributed by atoms with Crippen molar-refractivity contribution in [3.05, 3.63) is 23.7 Å². The van der Waals surface area contributed by atoms with E-state index in [1.807, 2.05) is 20.8 Å². The highest BCUT2D eigenvalue weighted by atomic mass is 32.2. The first-order valence-corrected chi connectivity index (χ1v) is 10.5. The lowest BCUT2D eigenvalue weighted by atomic mass is 10.1. The van der Waals surface area contributed by atoms with Crippen LogP contribution in [0, 0.1) is 0 Å². The van der Waals surface area contributed by atoms with Crippen molar-refractivity contribution in [1.29, 1.82) is 0 Å². The van der Waals surface area contributed by atoms with E-state index in [9.17, 15) is 16.8 Å². The molecule has 0 aliphatic heterocycles. The molecule has 6 nitrogen and oxygen atoms in total. The van der Waals surface area contributed by atoms with Gasteiger partial charge in [-0.05, 0) is 32.9 Å². The van der Waals surface area contributed by atoms with Gasteiger partial charge in [-0.25, -0.2) is 16.8 Å². The van der Waals surface area contributed by atoms with Crippen LogP contribution < -0.4 is 5.32 Å². The topological polar surface area (TPSA) is 93.5 Å². The highest BCUT2D eigenvalue weighted by Crippen LogP contribution is 2.13.